The molecule has 3 aromatic heterocycles. The van der Waals surface area contributed by atoms with Crippen molar-refractivity contribution >= 4 is 22.8 Å². The Morgan fingerprint density at radius 2 is 1.85 bits per heavy atom. The lowest BCUT2D eigenvalue weighted by molar-refractivity contribution is -0.136. The molecule has 0 unspecified atom stereocenters. The quantitative estimate of drug-likeness (QED) is 0.370. The smallest absolute Gasteiger partial charge is 0.418 e. The second kappa shape index (κ2) is 8.68. The normalized spacial score (nSPS) is 11.4. The maximum Gasteiger partial charge on any atom is 0.418 e. The largest absolute Gasteiger partial charge is 0.450 e. The Bertz CT molecular complexity index is 1290. The summed E-state index contributed by atoms with van der Waals surface area (Å²) in [5.41, 5.74) is -0.853. The summed E-state index contributed by atoms with van der Waals surface area (Å²) in [6.45, 7) is 0.0871. The summed E-state index contributed by atoms with van der Waals surface area (Å²) in [5, 5.41) is 11.5. The Hall–Kier alpha value is -4.29. The van der Waals surface area contributed by atoms with Crippen molar-refractivity contribution in [2.24, 2.45) is 0 Å². The number of H-pyrrole nitrogens is 1. The number of ether oxygens (including phenoxy) is 1. The van der Waals surface area contributed by atoms with Crippen LogP contribution in [0.25, 0.3) is 11.0 Å². The van der Waals surface area contributed by atoms with E-state index in [-0.39, 0.29) is 17.9 Å². The van der Waals surface area contributed by atoms with Crippen LogP contribution in [0.2, 0.25) is 0 Å². The van der Waals surface area contributed by atoms with Gasteiger partial charge in [-0.25, -0.2) is 18.6 Å². The molecule has 4 rings (SSSR count). The highest BCUT2D eigenvalue weighted by Crippen LogP contribution is 2.40. The average molecular weight is 464 g/mol. The first-order valence-electron chi connectivity index (χ1n) is 9.23. The van der Waals surface area contributed by atoms with E-state index in [0.29, 0.717) is 11.8 Å². The number of amides is 2. The minimum Gasteiger partial charge on any atom is -0.450 e. The summed E-state index contributed by atoms with van der Waals surface area (Å²) in [6.07, 6.45) is -0.0752. The molecule has 0 saturated carbocycles. The molecular formula is C20H13F5N6O2. The van der Waals surface area contributed by atoms with E-state index < -0.39 is 46.3 Å². The molecule has 0 atom stereocenters. The standard InChI is InChI=1S/C20H13F5N6O2/c21-13-5-11(31-19(32)28-7-10-1-4-29-30-8-10)6-14(22)17(13)33-15-2-3-26-18-16(15)12(9-27-18)20(23,24)25/h1-6,8-9H,7H2,(H,26,27)(H2,28,31,32). The molecule has 3 heterocycles. The van der Waals surface area contributed by atoms with E-state index in [0.717, 1.165) is 24.4 Å². The molecule has 0 saturated heterocycles. The highest BCUT2D eigenvalue weighted by molar-refractivity contribution is 5.89. The van der Waals surface area contributed by atoms with E-state index in [1.807, 2.05) is 0 Å². The van der Waals surface area contributed by atoms with E-state index in [2.05, 4.69) is 30.8 Å². The Kier molecular flexibility index (Phi) is 5.77. The molecule has 170 valence electrons. The number of nitrogens with one attached hydrogen (secondary N) is 3. The zero-order valence-electron chi connectivity index (χ0n) is 16.4. The van der Waals surface area contributed by atoms with Crippen LogP contribution in [-0.4, -0.2) is 26.2 Å². The molecule has 8 nitrogen and oxygen atoms in total. The third-order valence-electron chi connectivity index (χ3n) is 4.41. The lowest BCUT2D eigenvalue weighted by atomic mass is 10.2. The molecule has 0 fully saturated rings. The number of benzene rings is 1. The van der Waals surface area contributed by atoms with Gasteiger partial charge in [0.1, 0.15) is 11.4 Å². The topological polar surface area (TPSA) is 105 Å². The number of hydrogen-bond donors (Lipinski definition) is 3. The minimum atomic E-state index is -4.75. The number of rotatable bonds is 5. The fourth-order valence-electron chi connectivity index (χ4n) is 2.95. The van der Waals surface area contributed by atoms with E-state index in [9.17, 15) is 26.7 Å². The fraction of sp³-hybridized carbons (Fsp3) is 0.100. The number of pyridine rings is 1. The van der Waals surface area contributed by atoms with Crippen molar-refractivity contribution in [3.8, 4) is 11.5 Å². The summed E-state index contributed by atoms with van der Waals surface area (Å²) in [6, 6.07) is 3.46. The van der Waals surface area contributed by atoms with Crippen LogP contribution < -0.4 is 15.4 Å². The van der Waals surface area contributed by atoms with Crippen LogP contribution in [0.4, 0.5) is 32.4 Å². The van der Waals surface area contributed by atoms with Crippen LogP contribution >= 0.6 is 0 Å². The predicted octanol–water partition coefficient (Wildman–Crippen LogP) is 4.76. The van der Waals surface area contributed by atoms with Crippen LogP contribution in [0.5, 0.6) is 11.5 Å². The number of nitrogens with zero attached hydrogens (tertiary/aromatic N) is 3. The minimum absolute atomic E-state index is 0.0871. The molecule has 4 aromatic rings. The maximum absolute atomic E-state index is 14.6. The van der Waals surface area contributed by atoms with Crippen molar-refractivity contribution in [2.45, 2.75) is 12.7 Å². The third-order valence-corrected chi connectivity index (χ3v) is 4.41. The summed E-state index contributed by atoms with van der Waals surface area (Å²) in [5.74, 6) is -3.86. The lowest BCUT2D eigenvalue weighted by Gasteiger charge is -2.13. The zero-order valence-corrected chi connectivity index (χ0v) is 16.4. The molecule has 13 heteroatoms. The second-order valence-electron chi connectivity index (χ2n) is 6.66. The molecule has 0 aliphatic heterocycles. The van der Waals surface area contributed by atoms with Gasteiger partial charge in [0.25, 0.3) is 0 Å². The van der Waals surface area contributed by atoms with Crippen molar-refractivity contribution in [1.29, 1.82) is 0 Å². The summed E-state index contributed by atoms with van der Waals surface area (Å²) < 4.78 is 74.1. The molecule has 0 radical (unpaired) electrons. The molecule has 0 aliphatic carbocycles. The van der Waals surface area contributed by atoms with Gasteiger partial charge in [-0.1, -0.05) is 0 Å². The summed E-state index contributed by atoms with van der Waals surface area (Å²) >= 11 is 0. The fourth-order valence-corrected chi connectivity index (χ4v) is 2.95. The van der Waals surface area contributed by atoms with Crippen LogP contribution in [0, 0.1) is 11.6 Å². The van der Waals surface area contributed by atoms with Gasteiger partial charge in [-0.05, 0) is 17.7 Å². The molecule has 0 spiro atoms. The number of aromatic amines is 1. The lowest BCUT2D eigenvalue weighted by Crippen LogP contribution is -2.28. The van der Waals surface area contributed by atoms with Crippen molar-refractivity contribution in [2.75, 3.05) is 5.32 Å². The SMILES string of the molecule is O=C(NCc1ccnnc1)Nc1cc(F)c(Oc2ccnc3[nH]cc(C(F)(F)F)c23)c(F)c1. The molecule has 0 aliphatic rings. The van der Waals surface area contributed by atoms with E-state index in [4.69, 9.17) is 4.74 Å². The van der Waals surface area contributed by atoms with E-state index >= 15 is 0 Å². The Morgan fingerprint density at radius 3 is 2.52 bits per heavy atom. The van der Waals surface area contributed by atoms with Gasteiger partial charge in [0, 0.05) is 43.0 Å². The van der Waals surface area contributed by atoms with E-state index in [1.165, 1.54) is 12.4 Å². The highest BCUT2D eigenvalue weighted by Gasteiger charge is 2.35. The average Bonchev–Trinajstić information content (AvgIpc) is 3.21. The molecule has 0 bridgehead atoms. The number of fused-ring (bicyclic) bond motifs is 1. The number of carbonyl (C=O) groups is 1. The zero-order chi connectivity index (χ0) is 23.6. The number of halogens is 5. The van der Waals surface area contributed by atoms with Gasteiger partial charge in [-0.15, -0.1) is 0 Å². The molecule has 2 amide bonds. The van der Waals surface area contributed by atoms with Gasteiger partial charge in [-0.3, -0.25) is 0 Å². The number of urea groups is 1. The number of carbonyl (C=O) groups excluding carboxylic acids is 1. The molecule has 33 heavy (non-hydrogen) atoms. The Morgan fingerprint density at radius 1 is 1.09 bits per heavy atom. The monoisotopic (exact) mass is 464 g/mol. The number of anilines is 1. The van der Waals surface area contributed by atoms with Crippen molar-refractivity contribution < 1.29 is 31.5 Å². The van der Waals surface area contributed by atoms with Crippen molar-refractivity contribution in [3.63, 3.8) is 0 Å². The number of aromatic nitrogens is 4. The summed E-state index contributed by atoms with van der Waals surface area (Å²) in [4.78, 5) is 18.1. The summed E-state index contributed by atoms with van der Waals surface area (Å²) in [7, 11) is 0. The van der Waals surface area contributed by atoms with Crippen molar-refractivity contribution in [3.05, 3.63) is 71.8 Å². The Labute approximate surface area is 181 Å². The van der Waals surface area contributed by atoms with Crippen LogP contribution in [-0.2, 0) is 12.7 Å². The van der Waals surface area contributed by atoms with E-state index in [1.54, 1.807) is 6.07 Å². The van der Waals surface area contributed by atoms with Gasteiger partial charge in [0.05, 0.1) is 17.1 Å². The van der Waals surface area contributed by atoms with Gasteiger partial charge in [0.15, 0.2) is 17.4 Å². The predicted molar refractivity (Wildman–Crippen MR) is 105 cm³/mol. The second-order valence-corrected chi connectivity index (χ2v) is 6.66. The first kappa shape index (κ1) is 21.9. The number of hydrogen-bond acceptors (Lipinski definition) is 5. The van der Waals surface area contributed by atoms with Crippen molar-refractivity contribution in [1.82, 2.24) is 25.5 Å². The first-order chi connectivity index (χ1) is 15.7. The van der Waals surface area contributed by atoms with Crippen LogP contribution in [0.1, 0.15) is 11.1 Å². The van der Waals surface area contributed by atoms with Gasteiger partial charge in [0.2, 0.25) is 0 Å². The Balaban J connectivity index is 1.54. The van der Waals surface area contributed by atoms with Gasteiger partial charge < -0.3 is 20.4 Å². The number of alkyl halides is 3. The highest BCUT2D eigenvalue weighted by atomic mass is 19.4. The first-order valence-corrected chi connectivity index (χ1v) is 9.23. The van der Waals surface area contributed by atoms with Gasteiger partial charge >= 0.3 is 12.2 Å². The van der Waals surface area contributed by atoms with Crippen LogP contribution in [0.3, 0.4) is 0 Å². The van der Waals surface area contributed by atoms with Crippen LogP contribution in [0.15, 0.2) is 49.1 Å². The molecule has 1 aromatic carbocycles. The molecule has 3 N–H and O–H groups in total. The maximum atomic E-state index is 14.6. The van der Waals surface area contributed by atoms with Gasteiger partial charge in [-0.2, -0.15) is 23.4 Å². The molecular weight excluding hydrogens is 451 g/mol. The third kappa shape index (κ3) is 4.81.